The summed E-state index contributed by atoms with van der Waals surface area (Å²) in [5.74, 6) is 0.658. The third-order valence-electron chi connectivity index (χ3n) is 4.51. The number of amides is 1. The minimum atomic E-state index is -3.55. The van der Waals surface area contributed by atoms with Gasteiger partial charge in [0.15, 0.2) is 0 Å². The van der Waals surface area contributed by atoms with E-state index in [1.807, 2.05) is 19.1 Å². The molecule has 0 radical (unpaired) electrons. The van der Waals surface area contributed by atoms with E-state index in [0.29, 0.717) is 31.9 Å². The highest BCUT2D eigenvalue weighted by Crippen LogP contribution is 2.18. The van der Waals surface area contributed by atoms with Crippen LogP contribution in [0, 0.1) is 0 Å². The summed E-state index contributed by atoms with van der Waals surface area (Å²) in [4.78, 5) is 12.6. The fourth-order valence-electron chi connectivity index (χ4n) is 2.91. The van der Waals surface area contributed by atoms with Crippen molar-refractivity contribution in [2.45, 2.75) is 30.7 Å². The molecule has 1 aliphatic heterocycles. The normalized spacial score (nSPS) is 16.8. The first kappa shape index (κ1) is 19.6. The number of rotatable bonds is 7. The Morgan fingerprint density at radius 3 is 2.52 bits per heavy atom. The number of hydrogen-bond donors (Lipinski definition) is 1. The van der Waals surface area contributed by atoms with Crippen molar-refractivity contribution in [2.75, 3.05) is 26.3 Å². The number of aryl methyl sites for hydroxylation is 1. The van der Waals surface area contributed by atoms with Crippen molar-refractivity contribution >= 4 is 15.9 Å². The number of furan rings is 1. The van der Waals surface area contributed by atoms with Gasteiger partial charge in [-0.25, -0.2) is 8.42 Å². The van der Waals surface area contributed by atoms with Gasteiger partial charge >= 0.3 is 0 Å². The summed E-state index contributed by atoms with van der Waals surface area (Å²) in [6.45, 7) is 3.42. The minimum absolute atomic E-state index is 0.0284. The van der Waals surface area contributed by atoms with Crippen molar-refractivity contribution in [1.29, 1.82) is 0 Å². The van der Waals surface area contributed by atoms with E-state index in [0.717, 1.165) is 18.6 Å². The van der Waals surface area contributed by atoms with Crippen molar-refractivity contribution in [3.63, 3.8) is 0 Å². The first-order chi connectivity index (χ1) is 13.0. The van der Waals surface area contributed by atoms with Gasteiger partial charge in [0, 0.05) is 31.1 Å². The lowest BCUT2D eigenvalue weighted by atomic mass is 10.1. The van der Waals surface area contributed by atoms with Crippen LogP contribution in [-0.4, -0.2) is 51.0 Å². The molecule has 146 valence electrons. The molecule has 7 nitrogen and oxygen atoms in total. The lowest BCUT2D eigenvalue weighted by molar-refractivity contribution is 0.0730. The average Bonchev–Trinajstić information content (AvgIpc) is 3.21. The van der Waals surface area contributed by atoms with Gasteiger partial charge in [-0.05, 0) is 49.7 Å². The molecule has 0 spiro atoms. The van der Waals surface area contributed by atoms with E-state index in [2.05, 4.69) is 5.32 Å². The predicted octanol–water partition coefficient (Wildman–Crippen LogP) is 2.05. The predicted molar refractivity (Wildman–Crippen MR) is 100.0 cm³/mol. The van der Waals surface area contributed by atoms with Crippen LogP contribution < -0.4 is 5.32 Å². The second-order valence-corrected chi connectivity index (χ2v) is 8.47. The molecular weight excluding hydrogens is 368 g/mol. The Hall–Kier alpha value is -2.16. The SMILES string of the molecule is C[C@H](CCc1ccco1)NC(=O)c1ccc(S(=O)(=O)N2CCOCC2)cc1. The molecule has 8 heteroatoms. The molecule has 1 amide bonds. The summed E-state index contributed by atoms with van der Waals surface area (Å²) in [5.41, 5.74) is 0.431. The maximum absolute atomic E-state index is 12.6. The molecular formula is C19H24N2O5S. The minimum Gasteiger partial charge on any atom is -0.469 e. The first-order valence-corrected chi connectivity index (χ1v) is 10.4. The average molecular weight is 392 g/mol. The monoisotopic (exact) mass is 392 g/mol. The van der Waals surface area contributed by atoms with Gasteiger partial charge in [0.05, 0.1) is 24.4 Å². The second kappa shape index (κ2) is 8.69. The Bertz CT molecular complexity index is 841. The molecule has 1 saturated heterocycles. The molecule has 1 atom stereocenters. The highest BCUT2D eigenvalue weighted by Gasteiger charge is 2.26. The second-order valence-electron chi connectivity index (χ2n) is 6.53. The zero-order valence-corrected chi connectivity index (χ0v) is 16.1. The van der Waals surface area contributed by atoms with Gasteiger partial charge in [0.2, 0.25) is 10.0 Å². The number of nitrogens with zero attached hydrogens (tertiary/aromatic N) is 1. The number of nitrogens with one attached hydrogen (secondary N) is 1. The van der Waals surface area contributed by atoms with Gasteiger partial charge in [0.1, 0.15) is 5.76 Å². The number of hydrogen-bond acceptors (Lipinski definition) is 5. The molecule has 1 aromatic heterocycles. The van der Waals surface area contributed by atoms with E-state index in [4.69, 9.17) is 9.15 Å². The standard InChI is InChI=1S/C19H24N2O5S/c1-15(4-7-17-3-2-12-26-17)20-19(22)16-5-8-18(9-6-16)27(23,24)21-10-13-25-14-11-21/h2-3,5-6,8-9,12,15H,4,7,10-11,13-14H2,1H3,(H,20,22)/t15-/m1/s1. The molecule has 1 N–H and O–H groups in total. The van der Waals surface area contributed by atoms with Crippen LogP contribution in [-0.2, 0) is 21.2 Å². The molecule has 1 aliphatic rings. The Balaban J connectivity index is 1.58. The van der Waals surface area contributed by atoms with Gasteiger partial charge in [-0.2, -0.15) is 4.31 Å². The van der Waals surface area contributed by atoms with E-state index in [-0.39, 0.29) is 16.8 Å². The third-order valence-corrected chi connectivity index (χ3v) is 6.42. The number of carbonyl (C=O) groups excluding carboxylic acids is 1. The summed E-state index contributed by atoms with van der Waals surface area (Å²) in [6.07, 6.45) is 3.12. The summed E-state index contributed by atoms with van der Waals surface area (Å²) in [5, 5.41) is 2.92. The largest absolute Gasteiger partial charge is 0.469 e. The zero-order chi connectivity index (χ0) is 19.3. The molecule has 27 heavy (non-hydrogen) atoms. The van der Waals surface area contributed by atoms with E-state index in [1.54, 1.807) is 18.4 Å². The molecule has 3 rings (SSSR count). The molecule has 0 unspecified atom stereocenters. The molecule has 1 fully saturated rings. The highest BCUT2D eigenvalue weighted by molar-refractivity contribution is 7.89. The third kappa shape index (κ3) is 4.97. The maximum atomic E-state index is 12.6. The van der Waals surface area contributed by atoms with Gasteiger partial charge in [0.25, 0.3) is 5.91 Å². The van der Waals surface area contributed by atoms with Crippen molar-refractivity contribution in [3.8, 4) is 0 Å². The number of morpholine rings is 1. The van der Waals surface area contributed by atoms with Crippen molar-refractivity contribution < 1.29 is 22.4 Å². The van der Waals surface area contributed by atoms with Gasteiger partial charge in [-0.15, -0.1) is 0 Å². The van der Waals surface area contributed by atoms with Crippen LogP contribution in [0.5, 0.6) is 0 Å². The Morgan fingerprint density at radius 2 is 1.89 bits per heavy atom. The molecule has 0 aliphatic carbocycles. The lowest BCUT2D eigenvalue weighted by Crippen LogP contribution is -2.40. The summed E-state index contributed by atoms with van der Waals surface area (Å²) in [6, 6.07) is 9.76. The van der Waals surface area contributed by atoms with Crippen LogP contribution in [0.1, 0.15) is 29.5 Å². The number of carbonyl (C=O) groups is 1. The fourth-order valence-corrected chi connectivity index (χ4v) is 4.32. The summed E-state index contributed by atoms with van der Waals surface area (Å²) in [7, 11) is -3.55. The molecule has 2 aromatic rings. The van der Waals surface area contributed by atoms with Crippen molar-refractivity contribution in [3.05, 3.63) is 54.0 Å². The summed E-state index contributed by atoms with van der Waals surface area (Å²) < 4.78 is 37.1. The van der Waals surface area contributed by atoms with E-state index in [1.165, 1.54) is 16.4 Å². The first-order valence-electron chi connectivity index (χ1n) is 8.98. The van der Waals surface area contributed by atoms with Crippen LogP contribution >= 0.6 is 0 Å². The molecule has 1 aromatic carbocycles. The van der Waals surface area contributed by atoms with Gasteiger partial charge in [-0.1, -0.05) is 0 Å². The van der Waals surface area contributed by atoms with E-state index >= 15 is 0 Å². The molecule has 0 bridgehead atoms. The topological polar surface area (TPSA) is 88.8 Å². The Labute approximate surface area is 159 Å². The molecule has 2 heterocycles. The smallest absolute Gasteiger partial charge is 0.251 e. The Morgan fingerprint density at radius 1 is 1.19 bits per heavy atom. The van der Waals surface area contributed by atoms with Crippen LogP contribution in [0.3, 0.4) is 0 Å². The van der Waals surface area contributed by atoms with Crippen LogP contribution in [0.4, 0.5) is 0 Å². The fraction of sp³-hybridized carbons (Fsp3) is 0.421. The number of ether oxygens (including phenoxy) is 1. The maximum Gasteiger partial charge on any atom is 0.251 e. The van der Waals surface area contributed by atoms with Crippen LogP contribution in [0.2, 0.25) is 0 Å². The van der Waals surface area contributed by atoms with E-state index < -0.39 is 10.0 Å². The van der Waals surface area contributed by atoms with E-state index in [9.17, 15) is 13.2 Å². The van der Waals surface area contributed by atoms with Gasteiger partial charge < -0.3 is 14.5 Å². The quantitative estimate of drug-likeness (QED) is 0.779. The molecule has 0 saturated carbocycles. The number of sulfonamides is 1. The van der Waals surface area contributed by atoms with Crippen LogP contribution in [0.25, 0.3) is 0 Å². The lowest BCUT2D eigenvalue weighted by Gasteiger charge is -2.26. The summed E-state index contributed by atoms with van der Waals surface area (Å²) >= 11 is 0. The number of benzene rings is 1. The van der Waals surface area contributed by atoms with Crippen LogP contribution in [0.15, 0.2) is 52.0 Å². The van der Waals surface area contributed by atoms with Crippen molar-refractivity contribution in [1.82, 2.24) is 9.62 Å². The Kier molecular flexibility index (Phi) is 6.30. The van der Waals surface area contributed by atoms with Crippen molar-refractivity contribution in [2.24, 2.45) is 0 Å². The zero-order valence-electron chi connectivity index (χ0n) is 15.3. The van der Waals surface area contributed by atoms with Gasteiger partial charge in [-0.3, -0.25) is 4.79 Å². The highest BCUT2D eigenvalue weighted by atomic mass is 32.2.